The molecule has 16 heavy (non-hydrogen) atoms. The van der Waals surface area contributed by atoms with Crippen molar-refractivity contribution in [2.45, 2.75) is 26.4 Å². The fourth-order valence-electron chi connectivity index (χ4n) is 1.47. The Morgan fingerprint density at radius 1 is 1.31 bits per heavy atom. The monoisotopic (exact) mass is 236 g/mol. The normalized spacial score (nSPS) is 10.9. The maximum Gasteiger partial charge on any atom is 0.146 e. The van der Waals surface area contributed by atoms with Crippen LogP contribution in [0.4, 0.5) is 0 Å². The van der Waals surface area contributed by atoms with Crippen molar-refractivity contribution in [1.82, 2.24) is 20.1 Å². The third-order valence-corrected chi connectivity index (χ3v) is 3.68. The average molecular weight is 236 g/mol. The molecule has 0 atom stereocenters. The number of nitrogens with zero attached hydrogens (tertiary/aromatic N) is 3. The Kier molecular flexibility index (Phi) is 3.69. The highest BCUT2D eigenvalue weighted by Gasteiger charge is 2.01. The molecule has 5 heteroatoms. The lowest BCUT2D eigenvalue weighted by molar-refractivity contribution is 0.642. The van der Waals surface area contributed by atoms with Crippen molar-refractivity contribution in [3.8, 4) is 0 Å². The van der Waals surface area contributed by atoms with Gasteiger partial charge in [0.2, 0.25) is 0 Å². The van der Waals surface area contributed by atoms with E-state index in [-0.39, 0.29) is 0 Å². The van der Waals surface area contributed by atoms with Gasteiger partial charge < -0.3 is 9.88 Å². The largest absolute Gasteiger partial charge is 0.320 e. The van der Waals surface area contributed by atoms with Crippen molar-refractivity contribution in [2.75, 3.05) is 0 Å². The number of aryl methyl sites for hydroxylation is 2. The van der Waals surface area contributed by atoms with Crippen molar-refractivity contribution >= 4 is 11.3 Å². The first-order chi connectivity index (χ1) is 7.79. The van der Waals surface area contributed by atoms with E-state index in [2.05, 4.69) is 34.6 Å². The molecule has 2 heterocycles. The number of hydrogen-bond donors (Lipinski definition) is 1. The van der Waals surface area contributed by atoms with Crippen LogP contribution in [0.3, 0.4) is 0 Å². The predicted molar refractivity (Wildman–Crippen MR) is 65.2 cm³/mol. The average Bonchev–Trinajstić information content (AvgIpc) is 2.89. The molecule has 2 rings (SSSR count). The molecule has 4 nitrogen and oxygen atoms in total. The van der Waals surface area contributed by atoms with Crippen LogP contribution in [0.5, 0.6) is 0 Å². The molecule has 0 saturated carbocycles. The third kappa shape index (κ3) is 2.68. The van der Waals surface area contributed by atoms with Crippen molar-refractivity contribution in [1.29, 1.82) is 0 Å². The smallest absolute Gasteiger partial charge is 0.146 e. The molecule has 0 aliphatic carbocycles. The summed E-state index contributed by atoms with van der Waals surface area (Å²) < 4.78 is 1.93. The molecular weight excluding hydrogens is 220 g/mol. The van der Waals surface area contributed by atoms with E-state index in [1.807, 2.05) is 23.0 Å². The van der Waals surface area contributed by atoms with Gasteiger partial charge in [0, 0.05) is 23.3 Å². The minimum Gasteiger partial charge on any atom is -0.320 e. The Hall–Kier alpha value is -1.20. The van der Waals surface area contributed by atoms with Gasteiger partial charge in [0.15, 0.2) is 0 Å². The molecule has 0 unspecified atom stereocenters. The van der Waals surface area contributed by atoms with Crippen LogP contribution in [-0.4, -0.2) is 14.8 Å². The molecule has 1 N–H and O–H groups in total. The lowest BCUT2D eigenvalue weighted by atomic mass is 10.3. The van der Waals surface area contributed by atoms with Crippen LogP contribution in [0, 0.1) is 0 Å². The summed E-state index contributed by atoms with van der Waals surface area (Å²) in [5.74, 6) is 0.965. The molecule has 0 radical (unpaired) electrons. The molecule has 0 fully saturated rings. The molecule has 0 aliphatic rings. The summed E-state index contributed by atoms with van der Waals surface area (Å²) in [5.41, 5.74) is 0. The highest BCUT2D eigenvalue weighted by molar-refractivity contribution is 7.11. The van der Waals surface area contributed by atoms with Crippen LogP contribution in [0.25, 0.3) is 0 Å². The number of nitrogens with one attached hydrogen (secondary N) is 1. The first kappa shape index (κ1) is 11.3. The van der Waals surface area contributed by atoms with E-state index in [9.17, 15) is 0 Å². The van der Waals surface area contributed by atoms with E-state index in [0.717, 1.165) is 25.3 Å². The van der Waals surface area contributed by atoms with Gasteiger partial charge in [-0.3, -0.25) is 0 Å². The van der Waals surface area contributed by atoms with Crippen molar-refractivity contribution < 1.29 is 0 Å². The topological polar surface area (TPSA) is 42.7 Å². The SMILES string of the molecule is CCc1ccc(CNCc2nncn2C)s1. The van der Waals surface area contributed by atoms with E-state index in [1.54, 1.807) is 6.33 Å². The van der Waals surface area contributed by atoms with Crippen LogP contribution in [0.1, 0.15) is 22.5 Å². The molecular formula is C11H16N4S. The lowest BCUT2D eigenvalue weighted by Crippen LogP contribution is -2.14. The number of hydrogen-bond acceptors (Lipinski definition) is 4. The Labute approximate surface area is 99.3 Å². The second-order valence-electron chi connectivity index (χ2n) is 3.68. The second kappa shape index (κ2) is 5.23. The lowest BCUT2D eigenvalue weighted by Gasteiger charge is -2.01. The number of aromatic nitrogens is 3. The summed E-state index contributed by atoms with van der Waals surface area (Å²) in [6, 6.07) is 4.39. The minimum atomic E-state index is 0.760. The molecule has 0 saturated heterocycles. The highest BCUT2D eigenvalue weighted by atomic mass is 32.1. The van der Waals surface area contributed by atoms with E-state index < -0.39 is 0 Å². The molecule has 0 spiro atoms. The molecule has 86 valence electrons. The second-order valence-corrected chi connectivity index (χ2v) is 4.94. The molecule has 0 amide bonds. The predicted octanol–water partition coefficient (Wildman–Crippen LogP) is 1.73. The van der Waals surface area contributed by atoms with Gasteiger partial charge in [0.25, 0.3) is 0 Å². The number of rotatable bonds is 5. The summed E-state index contributed by atoms with van der Waals surface area (Å²) in [7, 11) is 1.96. The summed E-state index contributed by atoms with van der Waals surface area (Å²) in [6.07, 6.45) is 2.84. The van der Waals surface area contributed by atoms with E-state index in [4.69, 9.17) is 0 Å². The van der Waals surface area contributed by atoms with E-state index in [1.165, 1.54) is 9.75 Å². The van der Waals surface area contributed by atoms with Gasteiger partial charge in [-0.2, -0.15) is 0 Å². The van der Waals surface area contributed by atoms with Gasteiger partial charge in [0.1, 0.15) is 12.2 Å². The Morgan fingerprint density at radius 2 is 2.12 bits per heavy atom. The van der Waals surface area contributed by atoms with Gasteiger partial charge in [-0.25, -0.2) is 0 Å². The summed E-state index contributed by atoms with van der Waals surface area (Å²) in [4.78, 5) is 2.81. The van der Waals surface area contributed by atoms with Crippen LogP contribution in [0.2, 0.25) is 0 Å². The summed E-state index contributed by atoms with van der Waals surface area (Å²) in [5, 5.41) is 11.2. The Bertz CT molecular complexity index is 446. The first-order valence-electron chi connectivity index (χ1n) is 5.40. The molecule has 2 aromatic rings. The van der Waals surface area contributed by atoms with Gasteiger partial charge in [-0.1, -0.05) is 6.92 Å². The van der Waals surface area contributed by atoms with Gasteiger partial charge >= 0.3 is 0 Å². The van der Waals surface area contributed by atoms with Crippen LogP contribution >= 0.6 is 11.3 Å². The van der Waals surface area contributed by atoms with Crippen molar-refractivity contribution in [3.05, 3.63) is 34.0 Å². The van der Waals surface area contributed by atoms with Crippen LogP contribution in [-0.2, 0) is 26.6 Å². The Balaban J connectivity index is 1.82. The van der Waals surface area contributed by atoms with Crippen LogP contribution < -0.4 is 5.32 Å². The highest BCUT2D eigenvalue weighted by Crippen LogP contribution is 2.16. The molecule has 0 bridgehead atoms. The standard InChI is InChI=1S/C11H16N4S/c1-3-9-4-5-10(16-9)6-12-7-11-14-13-8-15(11)2/h4-5,8,12H,3,6-7H2,1-2H3. The maximum atomic E-state index is 4.02. The van der Waals surface area contributed by atoms with E-state index >= 15 is 0 Å². The zero-order valence-electron chi connectivity index (χ0n) is 9.60. The zero-order chi connectivity index (χ0) is 11.4. The minimum absolute atomic E-state index is 0.760. The zero-order valence-corrected chi connectivity index (χ0v) is 10.4. The molecule has 2 aromatic heterocycles. The van der Waals surface area contributed by atoms with Crippen molar-refractivity contribution in [2.24, 2.45) is 7.05 Å². The summed E-state index contributed by atoms with van der Waals surface area (Å²) in [6.45, 7) is 3.84. The van der Waals surface area contributed by atoms with Gasteiger partial charge in [0.05, 0.1) is 6.54 Å². The third-order valence-electron chi connectivity index (χ3n) is 2.45. The van der Waals surface area contributed by atoms with Gasteiger partial charge in [-0.05, 0) is 18.6 Å². The van der Waals surface area contributed by atoms with Crippen molar-refractivity contribution in [3.63, 3.8) is 0 Å². The summed E-state index contributed by atoms with van der Waals surface area (Å²) >= 11 is 1.87. The Morgan fingerprint density at radius 3 is 2.75 bits per heavy atom. The van der Waals surface area contributed by atoms with Crippen LogP contribution in [0.15, 0.2) is 18.5 Å². The first-order valence-corrected chi connectivity index (χ1v) is 6.22. The molecule has 0 aromatic carbocycles. The molecule has 0 aliphatic heterocycles. The quantitative estimate of drug-likeness (QED) is 0.859. The van der Waals surface area contributed by atoms with Gasteiger partial charge in [-0.15, -0.1) is 21.5 Å². The number of thiophene rings is 1. The fraction of sp³-hybridized carbons (Fsp3) is 0.455. The maximum absolute atomic E-state index is 4.02. The fourth-order valence-corrected chi connectivity index (χ4v) is 2.40. The van der Waals surface area contributed by atoms with E-state index in [0.29, 0.717) is 0 Å².